The van der Waals surface area contributed by atoms with E-state index in [0.29, 0.717) is 59.7 Å². The molecule has 1 fully saturated rings. The number of fused-ring (bicyclic) bond motifs is 2. The summed E-state index contributed by atoms with van der Waals surface area (Å²) >= 11 is 5.09. The van der Waals surface area contributed by atoms with Crippen LogP contribution in [0.4, 0.5) is 10.6 Å². The van der Waals surface area contributed by atoms with Gasteiger partial charge in [-0.2, -0.15) is 0 Å². The van der Waals surface area contributed by atoms with E-state index in [2.05, 4.69) is 31.2 Å². The van der Waals surface area contributed by atoms with Gasteiger partial charge in [0, 0.05) is 29.0 Å². The predicted octanol–water partition coefficient (Wildman–Crippen LogP) is 4.36. The zero-order valence-electron chi connectivity index (χ0n) is 22.3. The zero-order valence-corrected chi connectivity index (χ0v) is 24.7. The highest BCUT2D eigenvalue weighted by Gasteiger charge is 2.31. The number of likely N-dealkylation sites (tertiary alicyclic amines) is 1. The molecule has 1 aromatic carbocycles. The Balaban J connectivity index is 1.34. The van der Waals surface area contributed by atoms with Crippen molar-refractivity contribution >= 4 is 56.7 Å². The second kappa shape index (κ2) is 12.1. The second-order valence-electron chi connectivity index (χ2n) is 10.4. The maximum absolute atomic E-state index is 13.3. The standard InChI is InChI=1S/C26H32BrN7O5S/c1-14(2)8-17(31-26(36)37)24(35)33-6-3-4-15(11-33)5-7-34-23-21(22(28)29-12-30-23)32-25(34)40-20-10-19-18(9-16(20)27)38-13-39-19/h9-10,12,14-15,17,31H,3-8,11,13H2,1-2H3,(H,36,37)(H2,28,29,30)/t15?,17-/m0/s1. The molecule has 12 nitrogen and oxygen atoms in total. The van der Waals surface area contributed by atoms with Gasteiger partial charge < -0.3 is 35.1 Å². The van der Waals surface area contributed by atoms with E-state index in [-0.39, 0.29) is 24.5 Å². The largest absolute Gasteiger partial charge is 0.465 e. The van der Waals surface area contributed by atoms with Gasteiger partial charge in [-0.25, -0.2) is 19.7 Å². The minimum atomic E-state index is -1.18. The van der Waals surface area contributed by atoms with Crippen LogP contribution in [0, 0.1) is 11.8 Å². The molecule has 0 spiro atoms. The lowest BCUT2D eigenvalue weighted by Crippen LogP contribution is -2.51. The molecule has 4 heterocycles. The SMILES string of the molecule is CC(C)C[C@H](NC(=O)O)C(=O)N1CCCC(CCn2c(Sc3cc4c(cc3Br)OCO4)nc3c(N)ncnc32)C1. The highest BCUT2D eigenvalue weighted by molar-refractivity contribution is 9.10. The molecular formula is C26H32BrN7O5S. The first-order chi connectivity index (χ1) is 19.2. The number of piperidine rings is 1. The van der Waals surface area contributed by atoms with Gasteiger partial charge in [-0.05, 0) is 65.6 Å². The lowest BCUT2D eigenvalue weighted by molar-refractivity contribution is -0.135. The summed E-state index contributed by atoms with van der Waals surface area (Å²) < 4.78 is 13.9. The van der Waals surface area contributed by atoms with Gasteiger partial charge in [0.2, 0.25) is 12.7 Å². The number of rotatable bonds is 9. The summed E-state index contributed by atoms with van der Waals surface area (Å²) in [5.41, 5.74) is 7.34. The number of halogens is 1. The molecule has 214 valence electrons. The highest BCUT2D eigenvalue weighted by atomic mass is 79.9. The molecule has 2 aliphatic heterocycles. The average molecular weight is 635 g/mol. The van der Waals surface area contributed by atoms with Crippen LogP contribution in [0.2, 0.25) is 0 Å². The van der Waals surface area contributed by atoms with Crippen molar-refractivity contribution in [2.45, 2.75) is 62.2 Å². The van der Waals surface area contributed by atoms with Gasteiger partial charge in [0.1, 0.15) is 12.4 Å². The number of aryl methyl sites for hydroxylation is 1. The lowest BCUT2D eigenvalue weighted by Gasteiger charge is -2.35. The number of amides is 2. The molecule has 0 saturated carbocycles. The topological polar surface area (TPSA) is 158 Å². The van der Waals surface area contributed by atoms with Crippen LogP contribution in [0.3, 0.4) is 0 Å². The van der Waals surface area contributed by atoms with E-state index >= 15 is 0 Å². The quantitative estimate of drug-likeness (QED) is 0.309. The minimum Gasteiger partial charge on any atom is -0.465 e. The Labute approximate surface area is 244 Å². The second-order valence-corrected chi connectivity index (χ2v) is 12.3. The van der Waals surface area contributed by atoms with Crippen molar-refractivity contribution in [3.63, 3.8) is 0 Å². The molecule has 0 radical (unpaired) electrons. The smallest absolute Gasteiger partial charge is 0.405 e. The number of carboxylic acid groups (broad SMARTS) is 1. The number of nitrogens with one attached hydrogen (secondary N) is 1. The number of ether oxygens (including phenoxy) is 2. The zero-order chi connectivity index (χ0) is 28.4. The number of benzene rings is 1. The van der Waals surface area contributed by atoms with Gasteiger partial charge >= 0.3 is 6.09 Å². The number of carbonyl (C=O) groups is 2. The maximum Gasteiger partial charge on any atom is 0.405 e. The highest BCUT2D eigenvalue weighted by Crippen LogP contribution is 2.43. The van der Waals surface area contributed by atoms with Gasteiger partial charge in [0.15, 0.2) is 33.6 Å². The summed E-state index contributed by atoms with van der Waals surface area (Å²) in [5.74, 6) is 1.95. The fourth-order valence-electron chi connectivity index (χ4n) is 5.16. The number of nitrogens with two attached hydrogens (primary N) is 1. The van der Waals surface area contributed by atoms with Crippen molar-refractivity contribution in [3.05, 3.63) is 22.9 Å². The van der Waals surface area contributed by atoms with Crippen LogP contribution in [-0.2, 0) is 11.3 Å². The Bertz CT molecular complexity index is 1420. The molecule has 0 aliphatic carbocycles. The van der Waals surface area contributed by atoms with Crippen molar-refractivity contribution in [1.82, 2.24) is 29.7 Å². The first-order valence-corrected chi connectivity index (χ1v) is 14.8. The lowest BCUT2D eigenvalue weighted by atomic mass is 9.93. The molecule has 0 bridgehead atoms. The van der Waals surface area contributed by atoms with Gasteiger partial charge in [0.25, 0.3) is 0 Å². The van der Waals surface area contributed by atoms with Crippen LogP contribution >= 0.6 is 27.7 Å². The summed E-state index contributed by atoms with van der Waals surface area (Å²) in [7, 11) is 0. The third-order valence-corrected chi connectivity index (χ3v) is 9.02. The molecule has 2 atom stereocenters. The summed E-state index contributed by atoms with van der Waals surface area (Å²) in [4.78, 5) is 40.7. The molecule has 40 heavy (non-hydrogen) atoms. The third-order valence-electron chi connectivity index (χ3n) is 7.05. The summed E-state index contributed by atoms with van der Waals surface area (Å²) in [6.45, 7) is 5.97. The van der Waals surface area contributed by atoms with Gasteiger partial charge in [-0.1, -0.05) is 25.6 Å². The number of nitrogen functional groups attached to an aromatic ring is 1. The van der Waals surface area contributed by atoms with Crippen LogP contribution in [0.1, 0.15) is 39.5 Å². The van der Waals surface area contributed by atoms with Crippen molar-refractivity contribution in [2.24, 2.45) is 11.8 Å². The number of nitrogens with zero attached hydrogens (tertiary/aromatic N) is 5. The number of hydrogen-bond donors (Lipinski definition) is 3. The van der Waals surface area contributed by atoms with Crippen LogP contribution in [0.15, 0.2) is 33.0 Å². The molecule has 4 N–H and O–H groups in total. The first-order valence-electron chi connectivity index (χ1n) is 13.2. The molecule has 2 aromatic heterocycles. The minimum absolute atomic E-state index is 0.154. The summed E-state index contributed by atoms with van der Waals surface area (Å²) in [6.07, 6.45) is 3.35. The Morgan fingerprint density at radius 3 is 2.80 bits per heavy atom. The van der Waals surface area contributed by atoms with Crippen molar-refractivity contribution < 1.29 is 24.2 Å². The molecule has 14 heteroatoms. The van der Waals surface area contributed by atoms with E-state index in [1.54, 1.807) is 0 Å². The molecule has 2 amide bonds. The third kappa shape index (κ3) is 6.22. The molecular weight excluding hydrogens is 602 g/mol. The number of hydrogen-bond acceptors (Lipinski definition) is 9. The molecule has 1 unspecified atom stereocenters. The number of carbonyl (C=O) groups excluding carboxylic acids is 1. The molecule has 1 saturated heterocycles. The fraction of sp³-hybridized carbons (Fsp3) is 0.500. The van der Waals surface area contributed by atoms with E-state index in [1.807, 2.05) is 35.4 Å². The Morgan fingerprint density at radius 1 is 1.27 bits per heavy atom. The maximum atomic E-state index is 13.3. The van der Waals surface area contributed by atoms with Crippen LogP contribution in [-0.4, -0.2) is 67.5 Å². The number of anilines is 1. The number of imidazole rings is 1. The Kier molecular flexibility index (Phi) is 8.54. The van der Waals surface area contributed by atoms with E-state index in [0.717, 1.165) is 28.6 Å². The average Bonchev–Trinajstić information content (AvgIpc) is 3.51. The van der Waals surface area contributed by atoms with Gasteiger partial charge in [-0.3, -0.25) is 4.79 Å². The van der Waals surface area contributed by atoms with Crippen LogP contribution in [0.25, 0.3) is 11.2 Å². The predicted molar refractivity (Wildman–Crippen MR) is 152 cm³/mol. The van der Waals surface area contributed by atoms with Crippen molar-refractivity contribution in [3.8, 4) is 11.5 Å². The molecule has 2 aliphatic rings. The van der Waals surface area contributed by atoms with Gasteiger partial charge in [0.05, 0.1) is 0 Å². The fourth-order valence-corrected chi connectivity index (χ4v) is 6.67. The van der Waals surface area contributed by atoms with Crippen molar-refractivity contribution in [2.75, 3.05) is 25.6 Å². The van der Waals surface area contributed by atoms with Gasteiger partial charge in [-0.15, -0.1) is 0 Å². The Hall–Kier alpha value is -3.26. The van der Waals surface area contributed by atoms with Crippen LogP contribution in [0.5, 0.6) is 11.5 Å². The van der Waals surface area contributed by atoms with Crippen molar-refractivity contribution in [1.29, 1.82) is 0 Å². The summed E-state index contributed by atoms with van der Waals surface area (Å²) in [6, 6.07) is 3.06. The first kappa shape index (κ1) is 28.3. The molecule has 5 rings (SSSR count). The monoisotopic (exact) mass is 633 g/mol. The Morgan fingerprint density at radius 2 is 2.05 bits per heavy atom. The van der Waals surface area contributed by atoms with E-state index < -0.39 is 12.1 Å². The van der Waals surface area contributed by atoms with Crippen LogP contribution < -0.4 is 20.5 Å². The number of aromatic nitrogens is 4. The molecule has 3 aromatic rings. The van der Waals surface area contributed by atoms with E-state index in [1.165, 1.54) is 18.1 Å². The van der Waals surface area contributed by atoms with E-state index in [4.69, 9.17) is 20.2 Å². The summed E-state index contributed by atoms with van der Waals surface area (Å²) in [5, 5.41) is 12.4. The van der Waals surface area contributed by atoms with E-state index in [9.17, 15) is 14.7 Å². The normalized spacial score (nSPS) is 17.4.